The van der Waals surface area contributed by atoms with Gasteiger partial charge in [-0.1, -0.05) is 25.4 Å². The second-order valence-corrected chi connectivity index (χ2v) is 9.81. The molecule has 0 aliphatic carbocycles. The molecule has 11 heteroatoms. The summed E-state index contributed by atoms with van der Waals surface area (Å²) < 4.78 is 15.7. The molecule has 0 saturated carbocycles. The molecule has 9 nitrogen and oxygen atoms in total. The zero-order valence-electron chi connectivity index (χ0n) is 19.3. The van der Waals surface area contributed by atoms with Crippen LogP contribution in [0.15, 0.2) is 30.3 Å². The SMILES string of the molecule is CC(C)Cc1nn(-c2ccc(Cl)c(F)c2)c2ccc(C(=O)N3CCC4(CC3)NC(=O)NC4=O)nc12. The first-order valence-corrected chi connectivity index (χ1v) is 11.8. The van der Waals surface area contributed by atoms with Crippen molar-refractivity contribution in [1.82, 2.24) is 30.3 Å². The quantitative estimate of drug-likeness (QED) is 0.537. The third-order valence-corrected chi connectivity index (χ3v) is 6.79. The molecule has 2 aromatic heterocycles. The number of piperidine rings is 1. The smallest absolute Gasteiger partial charge is 0.322 e. The molecule has 0 unspecified atom stereocenters. The van der Waals surface area contributed by atoms with E-state index in [0.717, 1.165) is 0 Å². The predicted octanol–water partition coefficient (Wildman–Crippen LogP) is 3.23. The van der Waals surface area contributed by atoms with E-state index >= 15 is 0 Å². The number of imide groups is 1. The van der Waals surface area contributed by atoms with Crippen LogP contribution in [-0.2, 0) is 11.2 Å². The van der Waals surface area contributed by atoms with Crippen LogP contribution >= 0.6 is 11.6 Å². The van der Waals surface area contributed by atoms with Gasteiger partial charge in [0.1, 0.15) is 22.6 Å². The van der Waals surface area contributed by atoms with Crippen molar-refractivity contribution in [2.24, 2.45) is 5.92 Å². The van der Waals surface area contributed by atoms with Gasteiger partial charge in [-0.25, -0.2) is 18.9 Å². The van der Waals surface area contributed by atoms with Crippen LogP contribution in [0.4, 0.5) is 9.18 Å². The fourth-order valence-corrected chi connectivity index (χ4v) is 4.77. The van der Waals surface area contributed by atoms with Crippen LogP contribution < -0.4 is 10.6 Å². The van der Waals surface area contributed by atoms with Gasteiger partial charge in [-0.3, -0.25) is 14.9 Å². The average molecular weight is 499 g/mol. The standard InChI is InChI=1S/C24H24ClFN6O3/c1-13(2)11-18-20-19(32(30-18)14-3-4-15(25)16(26)12-14)6-5-17(27-20)21(33)31-9-7-24(8-10-31)22(34)28-23(35)29-24/h3-6,12-13H,7-11H2,1-2H3,(H2,28,29,34,35). The summed E-state index contributed by atoms with van der Waals surface area (Å²) in [4.78, 5) is 43.3. The zero-order chi connectivity index (χ0) is 24.9. The minimum atomic E-state index is -0.954. The molecular weight excluding hydrogens is 475 g/mol. The van der Waals surface area contributed by atoms with Crippen molar-refractivity contribution in [2.45, 2.75) is 38.6 Å². The van der Waals surface area contributed by atoms with Crippen molar-refractivity contribution in [3.63, 3.8) is 0 Å². The maximum Gasteiger partial charge on any atom is 0.322 e. The van der Waals surface area contributed by atoms with Crippen LogP contribution in [-0.4, -0.2) is 56.1 Å². The number of fused-ring (bicyclic) bond motifs is 1. The Morgan fingerprint density at radius 1 is 1.20 bits per heavy atom. The van der Waals surface area contributed by atoms with Gasteiger partial charge in [0.15, 0.2) is 0 Å². The van der Waals surface area contributed by atoms with Gasteiger partial charge in [0.2, 0.25) is 0 Å². The highest BCUT2D eigenvalue weighted by molar-refractivity contribution is 6.30. The molecule has 2 fully saturated rings. The molecule has 0 atom stereocenters. The molecule has 35 heavy (non-hydrogen) atoms. The van der Waals surface area contributed by atoms with Gasteiger partial charge in [0.05, 0.1) is 21.9 Å². The third-order valence-electron chi connectivity index (χ3n) is 6.48. The second kappa shape index (κ2) is 8.60. The number of hydrogen-bond acceptors (Lipinski definition) is 5. The summed E-state index contributed by atoms with van der Waals surface area (Å²) in [5.41, 5.74) is 1.76. The first-order chi connectivity index (χ1) is 16.7. The molecule has 2 aliphatic heterocycles. The van der Waals surface area contributed by atoms with E-state index in [0.29, 0.717) is 54.8 Å². The molecule has 1 aromatic carbocycles. The summed E-state index contributed by atoms with van der Waals surface area (Å²) >= 11 is 5.84. The van der Waals surface area contributed by atoms with Crippen molar-refractivity contribution in [3.05, 3.63) is 52.6 Å². The van der Waals surface area contributed by atoms with E-state index in [-0.39, 0.29) is 28.4 Å². The number of carbonyl (C=O) groups excluding carboxylic acids is 3. The van der Waals surface area contributed by atoms with Gasteiger partial charge in [0.25, 0.3) is 11.8 Å². The van der Waals surface area contributed by atoms with E-state index in [1.807, 2.05) is 0 Å². The third kappa shape index (κ3) is 4.12. The number of pyridine rings is 1. The summed E-state index contributed by atoms with van der Waals surface area (Å²) in [5, 5.41) is 9.67. The van der Waals surface area contributed by atoms with Gasteiger partial charge in [-0.05, 0) is 49.4 Å². The van der Waals surface area contributed by atoms with E-state index in [9.17, 15) is 18.8 Å². The Kier molecular flexibility index (Phi) is 5.71. The zero-order valence-corrected chi connectivity index (χ0v) is 20.0. The lowest BCUT2D eigenvalue weighted by molar-refractivity contribution is -0.125. The largest absolute Gasteiger partial charge is 0.337 e. The maximum absolute atomic E-state index is 14.1. The number of carbonyl (C=O) groups is 3. The van der Waals surface area contributed by atoms with E-state index in [4.69, 9.17) is 11.6 Å². The number of amides is 4. The lowest BCUT2D eigenvalue weighted by Gasteiger charge is -2.36. The second-order valence-electron chi connectivity index (χ2n) is 9.40. The predicted molar refractivity (Wildman–Crippen MR) is 127 cm³/mol. The Hall–Kier alpha value is -3.53. The number of aromatic nitrogens is 3. The molecule has 2 N–H and O–H groups in total. The molecule has 182 valence electrons. The lowest BCUT2D eigenvalue weighted by Crippen LogP contribution is -2.55. The van der Waals surface area contributed by atoms with Crippen molar-refractivity contribution < 1.29 is 18.8 Å². The van der Waals surface area contributed by atoms with Crippen molar-refractivity contribution in [2.75, 3.05) is 13.1 Å². The Bertz CT molecular complexity index is 1360. The van der Waals surface area contributed by atoms with Gasteiger partial charge < -0.3 is 10.2 Å². The Labute approximate surface area is 205 Å². The molecule has 3 aromatic rings. The number of hydrogen-bond donors (Lipinski definition) is 2. The molecular formula is C24H24ClFN6O3. The normalized spacial score (nSPS) is 17.3. The van der Waals surface area contributed by atoms with Gasteiger partial charge in [-0.2, -0.15) is 5.10 Å². The fourth-order valence-electron chi connectivity index (χ4n) is 4.65. The van der Waals surface area contributed by atoms with E-state index in [1.54, 1.807) is 27.8 Å². The summed E-state index contributed by atoms with van der Waals surface area (Å²) in [6.07, 6.45) is 1.29. The highest BCUT2D eigenvalue weighted by Gasteiger charge is 2.48. The first-order valence-electron chi connectivity index (χ1n) is 11.4. The number of nitrogens with one attached hydrogen (secondary N) is 2. The van der Waals surface area contributed by atoms with Crippen molar-refractivity contribution in [3.8, 4) is 5.69 Å². The number of nitrogens with zero attached hydrogens (tertiary/aromatic N) is 4. The highest BCUT2D eigenvalue weighted by atomic mass is 35.5. The number of urea groups is 1. The minimum absolute atomic E-state index is 0.0246. The molecule has 0 radical (unpaired) electrons. The number of halogens is 2. The van der Waals surface area contributed by atoms with E-state index in [2.05, 4.69) is 34.6 Å². The lowest BCUT2D eigenvalue weighted by atomic mass is 9.87. The van der Waals surface area contributed by atoms with Crippen LogP contribution in [0, 0.1) is 11.7 Å². The molecule has 5 rings (SSSR count). The van der Waals surface area contributed by atoms with E-state index in [1.165, 1.54) is 12.1 Å². The van der Waals surface area contributed by atoms with Crippen LogP contribution in [0.3, 0.4) is 0 Å². The molecule has 4 amide bonds. The average Bonchev–Trinajstić information content (AvgIpc) is 3.31. The number of benzene rings is 1. The first kappa shape index (κ1) is 23.2. The van der Waals surface area contributed by atoms with Crippen molar-refractivity contribution >= 4 is 40.5 Å². The Morgan fingerprint density at radius 2 is 1.94 bits per heavy atom. The number of likely N-dealkylation sites (tertiary alicyclic amines) is 1. The minimum Gasteiger partial charge on any atom is -0.337 e. The van der Waals surface area contributed by atoms with Crippen LogP contribution in [0.25, 0.3) is 16.7 Å². The topological polar surface area (TPSA) is 109 Å². The maximum atomic E-state index is 14.1. The van der Waals surface area contributed by atoms with Crippen molar-refractivity contribution in [1.29, 1.82) is 0 Å². The molecule has 2 saturated heterocycles. The van der Waals surface area contributed by atoms with Crippen LogP contribution in [0.2, 0.25) is 5.02 Å². The van der Waals surface area contributed by atoms with E-state index < -0.39 is 17.4 Å². The molecule has 2 aliphatic rings. The Morgan fingerprint density at radius 3 is 2.57 bits per heavy atom. The van der Waals surface area contributed by atoms with Gasteiger partial charge in [0, 0.05) is 19.2 Å². The van der Waals surface area contributed by atoms with Gasteiger partial charge >= 0.3 is 6.03 Å². The molecule has 4 heterocycles. The van der Waals surface area contributed by atoms with Gasteiger partial charge in [-0.15, -0.1) is 0 Å². The van der Waals surface area contributed by atoms with Crippen LogP contribution in [0.1, 0.15) is 42.9 Å². The Balaban J connectivity index is 1.45. The van der Waals surface area contributed by atoms with Crippen LogP contribution in [0.5, 0.6) is 0 Å². The summed E-state index contributed by atoms with van der Waals surface area (Å²) in [7, 11) is 0. The summed E-state index contributed by atoms with van der Waals surface area (Å²) in [6.45, 7) is 4.75. The summed E-state index contributed by atoms with van der Waals surface area (Å²) in [6, 6.07) is 7.35. The summed E-state index contributed by atoms with van der Waals surface area (Å²) in [5.74, 6) is -0.866. The molecule has 0 bridgehead atoms. The highest BCUT2D eigenvalue weighted by Crippen LogP contribution is 2.28. The fraction of sp³-hybridized carbons (Fsp3) is 0.375. The monoisotopic (exact) mass is 498 g/mol. The number of rotatable bonds is 4. The molecule has 1 spiro atoms.